The number of carbonyl (C=O) groups is 1. The van der Waals surface area contributed by atoms with E-state index in [0.717, 1.165) is 19.3 Å². The third-order valence-corrected chi connectivity index (χ3v) is 4.84. The van der Waals surface area contributed by atoms with Crippen molar-refractivity contribution in [1.29, 1.82) is 5.26 Å². The van der Waals surface area contributed by atoms with Crippen LogP contribution >= 0.6 is 23.2 Å². The molecule has 0 aromatic heterocycles. The molecule has 1 amide bonds. The van der Waals surface area contributed by atoms with Crippen molar-refractivity contribution >= 4 is 29.1 Å². The number of nitrogens with one attached hydrogen (secondary N) is 1. The highest BCUT2D eigenvalue weighted by Gasteiger charge is 2.36. The third kappa shape index (κ3) is 3.70. The van der Waals surface area contributed by atoms with Crippen molar-refractivity contribution in [2.45, 2.75) is 44.6 Å². The summed E-state index contributed by atoms with van der Waals surface area (Å²) in [6, 6.07) is 7.04. The second kappa shape index (κ2) is 6.68. The number of hydrogen-bond acceptors (Lipinski definition) is 2. The van der Waals surface area contributed by atoms with E-state index in [-0.39, 0.29) is 5.91 Å². The molecule has 0 aliphatic heterocycles. The largest absolute Gasteiger partial charge is 0.334 e. The maximum absolute atomic E-state index is 12.4. The Bertz CT molecular complexity index is 572. The normalized spacial score (nSPS) is 25.1. The van der Waals surface area contributed by atoms with Crippen LogP contribution in [0.25, 0.3) is 0 Å². The highest BCUT2D eigenvalue weighted by molar-refractivity contribution is 6.35. The summed E-state index contributed by atoms with van der Waals surface area (Å²) >= 11 is 11.9. The van der Waals surface area contributed by atoms with E-state index in [9.17, 15) is 10.1 Å². The molecule has 1 aliphatic carbocycles. The van der Waals surface area contributed by atoms with Gasteiger partial charge in [0.15, 0.2) is 0 Å². The van der Waals surface area contributed by atoms with Crippen LogP contribution in [-0.4, -0.2) is 11.4 Å². The summed E-state index contributed by atoms with van der Waals surface area (Å²) in [6.45, 7) is 2.16. The van der Waals surface area contributed by atoms with Crippen molar-refractivity contribution in [3.63, 3.8) is 0 Å². The zero-order valence-corrected chi connectivity index (χ0v) is 13.5. The molecule has 1 saturated carbocycles. The smallest absolute Gasteiger partial charge is 0.254 e. The minimum Gasteiger partial charge on any atom is -0.334 e. The molecule has 21 heavy (non-hydrogen) atoms. The maximum Gasteiger partial charge on any atom is 0.254 e. The molecular formula is C16H18Cl2N2O. The summed E-state index contributed by atoms with van der Waals surface area (Å²) in [6.07, 6.45) is 4.43. The molecule has 2 rings (SSSR count). The first-order valence-electron chi connectivity index (χ1n) is 7.18. The Morgan fingerprint density at radius 1 is 1.43 bits per heavy atom. The van der Waals surface area contributed by atoms with E-state index in [1.807, 2.05) is 0 Å². The number of hydrogen-bond donors (Lipinski definition) is 1. The van der Waals surface area contributed by atoms with Gasteiger partial charge in [-0.1, -0.05) is 36.5 Å². The molecule has 0 radical (unpaired) electrons. The minimum absolute atomic E-state index is 0.316. The van der Waals surface area contributed by atoms with Crippen molar-refractivity contribution < 1.29 is 4.79 Å². The van der Waals surface area contributed by atoms with Crippen LogP contribution in [0.3, 0.4) is 0 Å². The minimum atomic E-state index is -0.783. The fourth-order valence-electron chi connectivity index (χ4n) is 2.80. The quantitative estimate of drug-likeness (QED) is 0.884. The summed E-state index contributed by atoms with van der Waals surface area (Å²) in [4.78, 5) is 12.4. The van der Waals surface area contributed by atoms with Gasteiger partial charge in [0.25, 0.3) is 5.91 Å². The predicted molar refractivity (Wildman–Crippen MR) is 84.5 cm³/mol. The molecule has 0 unspecified atom stereocenters. The summed E-state index contributed by atoms with van der Waals surface area (Å²) in [5.41, 5.74) is -0.467. The van der Waals surface area contributed by atoms with Gasteiger partial charge in [-0.15, -0.1) is 0 Å². The topological polar surface area (TPSA) is 52.9 Å². The number of benzene rings is 1. The molecule has 1 aromatic rings. The molecule has 1 aliphatic rings. The molecular weight excluding hydrogens is 307 g/mol. The zero-order chi connectivity index (χ0) is 15.5. The van der Waals surface area contributed by atoms with Crippen molar-refractivity contribution in [1.82, 2.24) is 5.32 Å². The number of amides is 1. The van der Waals surface area contributed by atoms with E-state index >= 15 is 0 Å². The Kier molecular flexibility index (Phi) is 5.13. The fraction of sp³-hybridized carbons (Fsp3) is 0.500. The number of nitrogens with zero attached hydrogens (tertiary/aromatic N) is 1. The van der Waals surface area contributed by atoms with Crippen molar-refractivity contribution in [3.05, 3.63) is 33.8 Å². The van der Waals surface area contributed by atoms with E-state index in [1.54, 1.807) is 12.1 Å². The summed E-state index contributed by atoms with van der Waals surface area (Å²) in [5, 5.41) is 13.2. The maximum atomic E-state index is 12.4. The molecule has 0 bridgehead atoms. The Morgan fingerprint density at radius 3 is 2.67 bits per heavy atom. The van der Waals surface area contributed by atoms with Gasteiger partial charge in [0.05, 0.1) is 16.7 Å². The fourth-order valence-corrected chi connectivity index (χ4v) is 3.18. The molecule has 112 valence electrons. The molecule has 0 heterocycles. The molecule has 0 spiro atoms. The van der Waals surface area contributed by atoms with Crippen LogP contribution in [0.5, 0.6) is 0 Å². The summed E-state index contributed by atoms with van der Waals surface area (Å²) in [5.74, 6) is 0.317. The van der Waals surface area contributed by atoms with Crippen LogP contribution in [0.2, 0.25) is 10.0 Å². The lowest BCUT2D eigenvalue weighted by molar-refractivity contribution is 0.0891. The highest BCUT2D eigenvalue weighted by Crippen LogP contribution is 2.34. The SMILES string of the molecule is CCC1CCC(C#N)(NC(=O)c2cc(Cl)ccc2Cl)CC1. The van der Waals surface area contributed by atoms with Crippen LogP contribution in [0.1, 0.15) is 49.4 Å². The molecule has 1 N–H and O–H groups in total. The lowest BCUT2D eigenvalue weighted by Gasteiger charge is -2.35. The lowest BCUT2D eigenvalue weighted by atomic mass is 9.76. The molecule has 1 aromatic carbocycles. The van der Waals surface area contributed by atoms with Crippen LogP contribution in [-0.2, 0) is 0 Å². The number of nitriles is 1. The second-order valence-electron chi connectivity index (χ2n) is 5.62. The Hall–Kier alpha value is -1.24. The molecule has 5 heteroatoms. The van der Waals surface area contributed by atoms with Gasteiger partial charge in [-0.3, -0.25) is 4.79 Å². The van der Waals surface area contributed by atoms with E-state index in [4.69, 9.17) is 23.2 Å². The lowest BCUT2D eigenvalue weighted by Crippen LogP contribution is -2.49. The van der Waals surface area contributed by atoms with E-state index < -0.39 is 5.54 Å². The average molecular weight is 325 g/mol. The van der Waals surface area contributed by atoms with Gasteiger partial charge in [-0.25, -0.2) is 0 Å². The predicted octanol–water partition coefficient (Wildman–Crippen LogP) is 4.59. The van der Waals surface area contributed by atoms with Gasteiger partial charge in [-0.2, -0.15) is 5.26 Å². The summed E-state index contributed by atoms with van der Waals surface area (Å²) < 4.78 is 0. The first-order valence-corrected chi connectivity index (χ1v) is 7.94. The zero-order valence-electron chi connectivity index (χ0n) is 12.0. The highest BCUT2D eigenvalue weighted by atomic mass is 35.5. The summed E-state index contributed by atoms with van der Waals surface area (Å²) in [7, 11) is 0. The first kappa shape index (κ1) is 16.1. The van der Waals surface area contributed by atoms with Crippen molar-refractivity contribution in [3.8, 4) is 6.07 Å². The standard InChI is InChI=1S/C16H18Cl2N2O/c1-2-11-5-7-16(10-19,8-6-11)20-15(21)13-9-12(17)3-4-14(13)18/h3-4,9,11H,2,5-8H2,1H3,(H,20,21). The molecule has 3 nitrogen and oxygen atoms in total. The van der Waals surface area contributed by atoms with Crippen LogP contribution in [0.15, 0.2) is 18.2 Å². The number of carbonyl (C=O) groups excluding carboxylic acids is 1. The average Bonchev–Trinajstić information content (AvgIpc) is 2.50. The van der Waals surface area contributed by atoms with Crippen molar-refractivity contribution in [2.24, 2.45) is 5.92 Å². The van der Waals surface area contributed by atoms with Crippen LogP contribution in [0.4, 0.5) is 0 Å². The number of halogens is 2. The van der Waals surface area contributed by atoms with E-state index in [1.165, 1.54) is 6.07 Å². The van der Waals surface area contributed by atoms with Gasteiger partial charge in [0, 0.05) is 5.02 Å². The van der Waals surface area contributed by atoms with E-state index in [0.29, 0.717) is 34.4 Å². The van der Waals surface area contributed by atoms with E-state index in [2.05, 4.69) is 18.3 Å². The van der Waals surface area contributed by atoms with Gasteiger partial charge in [0.1, 0.15) is 5.54 Å². The van der Waals surface area contributed by atoms with Gasteiger partial charge >= 0.3 is 0 Å². The van der Waals surface area contributed by atoms with Gasteiger partial charge in [0.2, 0.25) is 0 Å². The second-order valence-corrected chi connectivity index (χ2v) is 6.47. The monoisotopic (exact) mass is 324 g/mol. The first-order chi connectivity index (χ1) is 9.99. The van der Waals surface area contributed by atoms with Gasteiger partial charge in [-0.05, 0) is 49.8 Å². The third-order valence-electron chi connectivity index (χ3n) is 4.28. The van der Waals surface area contributed by atoms with Gasteiger partial charge < -0.3 is 5.32 Å². The Balaban J connectivity index is 2.14. The molecule has 0 atom stereocenters. The molecule has 1 fully saturated rings. The Morgan fingerprint density at radius 2 is 2.10 bits per heavy atom. The Labute approximate surface area is 135 Å². The number of rotatable bonds is 3. The van der Waals surface area contributed by atoms with Crippen LogP contribution in [0, 0.1) is 17.2 Å². The van der Waals surface area contributed by atoms with Crippen molar-refractivity contribution in [2.75, 3.05) is 0 Å². The van der Waals surface area contributed by atoms with Crippen LogP contribution < -0.4 is 5.32 Å². The molecule has 0 saturated heterocycles.